The molecule has 0 amide bonds. The average Bonchev–Trinajstić information content (AvgIpc) is 2.36. The van der Waals surface area contributed by atoms with Gasteiger partial charge in [-0.25, -0.2) is 4.39 Å². The molecule has 0 fully saturated rings. The topological polar surface area (TPSA) is 9.23 Å². The third-order valence-corrected chi connectivity index (χ3v) is 3.48. The molecular weight excluding hydrogens is 330 g/mol. The van der Waals surface area contributed by atoms with Gasteiger partial charge in [-0.2, -0.15) is 0 Å². The van der Waals surface area contributed by atoms with Crippen LogP contribution in [-0.4, -0.2) is 0 Å². The van der Waals surface area contributed by atoms with Crippen LogP contribution in [0.3, 0.4) is 0 Å². The molecule has 0 heterocycles. The molecule has 2 aromatic carbocycles. The summed E-state index contributed by atoms with van der Waals surface area (Å²) < 4.78 is 19.8. The highest BCUT2D eigenvalue weighted by molar-refractivity contribution is 14.1. The van der Waals surface area contributed by atoms with E-state index in [-0.39, 0.29) is 5.82 Å². The van der Waals surface area contributed by atoms with E-state index in [2.05, 4.69) is 0 Å². The summed E-state index contributed by atoms with van der Waals surface area (Å²) in [5.74, 6) is 0.397. The Kier molecular flexibility index (Phi) is 3.99. The van der Waals surface area contributed by atoms with Crippen molar-refractivity contribution >= 4 is 22.6 Å². The molecule has 0 N–H and O–H groups in total. The van der Waals surface area contributed by atoms with Crippen LogP contribution in [0.2, 0.25) is 0 Å². The van der Waals surface area contributed by atoms with E-state index in [1.807, 2.05) is 59.0 Å². The molecule has 0 saturated heterocycles. The number of hydrogen-bond donors (Lipinski definition) is 0. The van der Waals surface area contributed by atoms with Crippen LogP contribution in [0.1, 0.15) is 11.1 Å². The van der Waals surface area contributed by atoms with Crippen LogP contribution in [0.25, 0.3) is 0 Å². The van der Waals surface area contributed by atoms with Gasteiger partial charge in [0.1, 0.15) is 18.2 Å². The summed E-state index contributed by atoms with van der Waals surface area (Å²) in [6.45, 7) is 2.21. The van der Waals surface area contributed by atoms with Gasteiger partial charge >= 0.3 is 0 Å². The maximum atomic E-state index is 13.6. The zero-order valence-electron chi connectivity index (χ0n) is 9.41. The summed E-state index contributed by atoms with van der Waals surface area (Å²) in [6.07, 6.45) is 0. The third-order valence-electron chi connectivity index (χ3n) is 2.48. The number of rotatable bonds is 3. The van der Waals surface area contributed by atoms with Crippen LogP contribution in [0.15, 0.2) is 42.5 Å². The third kappa shape index (κ3) is 2.97. The van der Waals surface area contributed by atoms with Crippen molar-refractivity contribution in [2.24, 2.45) is 0 Å². The molecule has 0 aliphatic heterocycles. The second-order valence-electron chi connectivity index (χ2n) is 3.78. The highest BCUT2D eigenvalue weighted by Gasteiger charge is 2.09. The van der Waals surface area contributed by atoms with Gasteiger partial charge in [0.15, 0.2) is 0 Å². The van der Waals surface area contributed by atoms with Crippen LogP contribution in [0.4, 0.5) is 4.39 Å². The second kappa shape index (κ2) is 5.49. The SMILES string of the molecule is Cc1ccc(OCc2ccccc2)c(I)c1F. The molecular formula is C14H12FIO. The lowest BCUT2D eigenvalue weighted by Gasteiger charge is -2.09. The van der Waals surface area contributed by atoms with Gasteiger partial charge in [-0.1, -0.05) is 36.4 Å². The Morgan fingerprint density at radius 3 is 2.53 bits per heavy atom. The van der Waals surface area contributed by atoms with Crippen molar-refractivity contribution in [3.05, 3.63) is 63.0 Å². The zero-order valence-corrected chi connectivity index (χ0v) is 11.6. The lowest BCUT2D eigenvalue weighted by molar-refractivity contribution is 0.302. The summed E-state index contributed by atoms with van der Waals surface area (Å²) in [5, 5.41) is 0. The van der Waals surface area contributed by atoms with Gasteiger partial charge in [0.05, 0.1) is 3.57 Å². The van der Waals surface area contributed by atoms with E-state index < -0.39 is 0 Å². The van der Waals surface area contributed by atoms with E-state index in [4.69, 9.17) is 4.74 Å². The predicted octanol–water partition coefficient (Wildman–Crippen LogP) is 4.32. The van der Waals surface area contributed by atoms with E-state index >= 15 is 0 Å². The fraction of sp³-hybridized carbons (Fsp3) is 0.143. The van der Waals surface area contributed by atoms with Crippen molar-refractivity contribution in [3.8, 4) is 5.75 Å². The molecule has 0 unspecified atom stereocenters. The van der Waals surface area contributed by atoms with E-state index in [1.54, 1.807) is 13.0 Å². The Morgan fingerprint density at radius 1 is 1.12 bits per heavy atom. The molecule has 1 nitrogen and oxygen atoms in total. The summed E-state index contributed by atoms with van der Waals surface area (Å²) in [6, 6.07) is 13.4. The van der Waals surface area contributed by atoms with E-state index in [1.165, 1.54) is 0 Å². The van der Waals surface area contributed by atoms with Gasteiger partial charge in [0, 0.05) is 0 Å². The number of ether oxygens (including phenoxy) is 1. The van der Waals surface area contributed by atoms with Crippen molar-refractivity contribution < 1.29 is 9.13 Å². The van der Waals surface area contributed by atoms with Crippen LogP contribution < -0.4 is 4.74 Å². The fourth-order valence-corrected chi connectivity index (χ4v) is 2.24. The van der Waals surface area contributed by atoms with Crippen molar-refractivity contribution in [2.75, 3.05) is 0 Å². The van der Waals surface area contributed by atoms with E-state index in [0.717, 1.165) is 5.56 Å². The summed E-state index contributed by atoms with van der Waals surface area (Å²) in [4.78, 5) is 0. The number of benzene rings is 2. The van der Waals surface area contributed by atoms with E-state index in [0.29, 0.717) is 21.5 Å². The first kappa shape index (κ1) is 12.4. The van der Waals surface area contributed by atoms with Gasteiger partial charge in [0.2, 0.25) is 0 Å². The highest BCUT2D eigenvalue weighted by atomic mass is 127. The van der Waals surface area contributed by atoms with Crippen LogP contribution in [0, 0.1) is 16.3 Å². The second-order valence-corrected chi connectivity index (χ2v) is 4.86. The monoisotopic (exact) mass is 342 g/mol. The molecule has 2 rings (SSSR count). The normalized spacial score (nSPS) is 10.3. The molecule has 0 aromatic heterocycles. The molecule has 0 aliphatic rings. The lowest BCUT2D eigenvalue weighted by atomic mass is 10.2. The van der Waals surface area contributed by atoms with Crippen LogP contribution >= 0.6 is 22.6 Å². The highest BCUT2D eigenvalue weighted by Crippen LogP contribution is 2.26. The molecule has 0 atom stereocenters. The summed E-state index contributed by atoms with van der Waals surface area (Å²) in [5.41, 5.74) is 1.71. The Morgan fingerprint density at radius 2 is 1.82 bits per heavy atom. The minimum absolute atomic E-state index is 0.198. The molecule has 0 bridgehead atoms. The Balaban J connectivity index is 2.13. The van der Waals surface area contributed by atoms with Crippen molar-refractivity contribution in [2.45, 2.75) is 13.5 Å². The standard InChI is InChI=1S/C14H12FIO/c1-10-7-8-12(14(16)13(10)15)17-9-11-5-3-2-4-6-11/h2-8H,9H2,1H3. The molecule has 0 radical (unpaired) electrons. The van der Waals surface area contributed by atoms with E-state index in [9.17, 15) is 4.39 Å². The lowest BCUT2D eigenvalue weighted by Crippen LogP contribution is -1.99. The zero-order chi connectivity index (χ0) is 12.3. The molecule has 2 aromatic rings. The fourth-order valence-electron chi connectivity index (χ4n) is 1.48. The molecule has 88 valence electrons. The van der Waals surface area contributed by atoms with Crippen LogP contribution in [-0.2, 0) is 6.61 Å². The molecule has 3 heteroatoms. The first-order valence-corrected chi connectivity index (χ1v) is 6.37. The quantitative estimate of drug-likeness (QED) is 0.755. The van der Waals surface area contributed by atoms with Gasteiger partial charge < -0.3 is 4.74 Å². The molecule has 17 heavy (non-hydrogen) atoms. The first-order chi connectivity index (χ1) is 8.18. The molecule has 0 spiro atoms. The minimum Gasteiger partial charge on any atom is -0.488 e. The van der Waals surface area contributed by atoms with Crippen molar-refractivity contribution in [3.63, 3.8) is 0 Å². The predicted molar refractivity (Wildman–Crippen MR) is 74.6 cm³/mol. The number of hydrogen-bond acceptors (Lipinski definition) is 1. The summed E-state index contributed by atoms with van der Waals surface area (Å²) >= 11 is 1.97. The minimum atomic E-state index is -0.198. The smallest absolute Gasteiger partial charge is 0.143 e. The maximum absolute atomic E-state index is 13.6. The van der Waals surface area contributed by atoms with Gasteiger partial charge in [-0.3, -0.25) is 0 Å². The van der Waals surface area contributed by atoms with Gasteiger partial charge in [0.25, 0.3) is 0 Å². The first-order valence-electron chi connectivity index (χ1n) is 5.30. The van der Waals surface area contributed by atoms with Gasteiger partial charge in [-0.05, 0) is 46.7 Å². The number of aryl methyl sites for hydroxylation is 1. The van der Waals surface area contributed by atoms with Gasteiger partial charge in [-0.15, -0.1) is 0 Å². The molecule has 0 saturated carbocycles. The van der Waals surface area contributed by atoms with Crippen LogP contribution in [0.5, 0.6) is 5.75 Å². The maximum Gasteiger partial charge on any atom is 0.143 e. The average molecular weight is 342 g/mol. The Bertz CT molecular complexity index is 511. The number of halogens is 2. The Hall–Kier alpha value is -1.10. The van der Waals surface area contributed by atoms with Crippen molar-refractivity contribution in [1.82, 2.24) is 0 Å². The largest absolute Gasteiger partial charge is 0.488 e. The Labute approximate surface area is 114 Å². The summed E-state index contributed by atoms with van der Waals surface area (Å²) in [7, 11) is 0. The van der Waals surface area contributed by atoms with Crippen molar-refractivity contribution in [1.29, 1.82) is 0 Å². The molecule has 0 aliphatic carbocycles.